The van der Waals surface area contributed by atoms with Gasteiger partial charge in [-0.05, 0) is 43.7 Å². The van der Waals surface area contributed by atoms with Crippen LogP contribution in [-0.2, 0) is 25.4 Å². The Bertz CT molecular complexity index is 1160. The quantitative estimate of drug-likeness (QED) is 0.246. The fourth-order valence-corrected chi connectivity index (χ4v) is 5.10. The first kappa shape index (κ1) is 26.0. The Morgan fingerprint density at radius 2 is 2.03 bits per heavy atom. The number of anilines is 1. The van der Waals surface area contributed by atoms with Crippen LogP contribution in [0.25, 0.3) is 0 Å². The first-order chi connectivity index (χ1) is 17.1. The van der Waals surface area contributed by atoms with Gasteiger partial charge in [-0.25, -0.2) is 4.79 Å². The summed E-state index contributed by atoms with van der Waals surface area (Å²) in [6, 6.07) is 8.31. The van der Waals surface area contributed by atoms with Crippen molar-refractivity contribution in [3.05, 3.63) is 62.7 Å². The number of halogens is 1. The van der Waals surface area contributed by atoms with Crippen LogP contribution in [0.1, 0.15) is 31.0 Å². The van der Waals surface area contributed by atoms with Gasteiger partial charge in [0.25, 0.3) is 5.69 Å². The summed E-state index contributed by atoms with van der Waals surface area (Å²) in [4.78, 5) is 25.1. The average Bonchev–Trinajstić information content (AvgIpc) is 3.16. The molecule has 2 aliphatic heterocycles. The monoisotopic (exact) mass is 522 g/mol. The minimum absolute atomic E-state index is 0.112. The molecule has 1 N–H and O–H groups in total. The van der Waals surface area contributed by atoms with Gasteiger partial charge >= 0.3 is 6.16 Å². The van der Waals surface area contributed by atoms with Gasteiger partial charge in [-0.1, -0.05) is 11.6 Å². The summed E-state index contributed by atoms with van der Waals surface area (Å²) in [7, 11) is 2.82. The predicted octanol–water partition coefficient (Wildman–Crippen LogP) is 3.98. The van der Waals surface area contributed by atoms with E-state index in [1.807, 2.05) is 0 Å². The summed E-state index contributed by atoms with van der Waals surface area (Å²) >= 11 is 6.22. The Hall–Kier alpha value is -3.12. The number of aliphatic hydroxyl groups excluding tert-OH is 1. The minimum Gasteiger partial charge on any atom is -0.479 e. The highest BCUT2D eigenvalue weighted by Crippen LogP contribution is 2.50. The van der Waals surface area contributed by atoms with Gasteiger partial charge in [0.15, 0.2) is 18.1 Å². The lowest BCUT2D eigenvalue weighted by Gasteiger charge is -2.50. The van der Waals surface area contributed by atoms with Crippen LogP contribution >= 0.6 is 11.6 Å². The van der Waals surface area contributed by atoms with Gasteiger partial charge in [0.1, 0.15) is 11.9 Å². The van der Waals surface area contributed by atoms with Crippen molar-refractivity contribution < 1.29 is 38.5 Å². The summed E-state index contributed by atoms with van der Waals surface area (Å²) in [6.45, 7) is 3.38. The second kappa shape index (κ2) is 10.1. The van der Waals surface area contributed by atoms with Crippen LogP contribution in [0.5, 0.6) is 5.75 Å². The largest absolute Gasteiger partial charge is 0.510 e. The van der Waals surface area contributed by atoms with Gasteiger partial charge in [0.2, 0.25) is 0 Å². The molecule has 0 fully saturated rings. The molecule has 2 aromatic rings. The Kier molecular flexibility index (Phi) is 7.28. The number of non-ortho nitro benzene ring substituents is 1. The molecule has 0 aliphatic carbocycles. The number of hydrogen-bond donors (Lipinski definition) is 1. The van der Waals surface area contributed by atoms with E-state index in [4.69, 9.17) is 35.3 Å². The molecule has 0 saturated carbocycles. The van der Waals surface area contributed by atoms with Gasteiger partial charge in [-0.15, -0.1) is 0 Å². The van der Waals surface area contributed by atoms with Crippen LogP contribution in [0.4, 0.5) is 16.2 Å². The molecule has 0 amide bonds. The molecule has 0 aromatic heterocycles. The van der Waals surface area contributed by atoms with Crippen molar-refractivity contribution in [1.82, 2.24) is 0 Å². The number of carbonyl (C=O) groups excluding carboxylic acids is 1. The fourth-order valence-electron chi connectivity index (χ4n) is 4.91. The number of hydrogen-bond acceptors (Lipinski definition) is 10. The van der Waals surface area contributed by atoms with E-state index in [-0.39, 0.29) is 24.5 Å². The average molecular weight is 523 g/mol. The van der Waals surface area contributed by atoms with E-state index < -0.39 is 41.3 Å². The summed E-state index contributed by atoms with van der Waals surface area (Å²) < 4.78 is 27.7. The van der Waals surface area contributed by atoms with E-state index in [0.29, 0.717) is 16.3 Å². The van der Waals surface area contributed by atoms with E-state index in [2.05, 4.69) is 0 Å². The number of aliphatic hydroxyl groups is 1. The zero-order valence-corrected chi connectivity index (χ0v) is 20.9. The molecule has 0 unspecified atom stereocenters. The van der Waals surface area contributed by atoms with Crippen molar-refractivity contribution in [3.8, 4) is 5.75 Å². The SMILES string of the molecule is CCOC(=O)O[C@@H]1Cc2cc(Cl)ccc2N1[C@@H]1c2cc([N+](=O)[O-])ccc2O[C@@](C)(C(OC)OC)[C@H]1O. The Balaban J connectivity index is 1.91. The molecular weight excluding hydrogens is 496 g/mol. The topological polar surface area (TPSA) is 130 Å². The maximum atomic E-state index is 12.3. The second-order valence-electron chi connectivity index (χ2n) is 8.60. The van der Waals surface area contributed by atoms with Crippen molar-refractivity contribution in [1.29, 1.82) is 0 Å². The van der Waals surface area contributed by atoms with Crippen LogP contribution in [0.2, 0.25) is 5.02 Å². The maximum absolute atomic E-state index is 12.3. The number of rotatable bonds is 7. The lowest BCUT2D eigenvalue weighted by molar-refractivity contribution is -0.385. The summed E-state index contributed by atoms with van der Waals surface area (Å²) in [5.74, 6) is 0.287. The van der Waals surface area contributed by atoms with E-state index in [1.54, 1.807) is 36.9 Å². The first-order valence-electron chi connectivity index (χ1n) is 11.3. The molecule has 12 heteroatoms. The molecule has 194 valence electrons. The van der Waals surface area contributed by atoms with Crippen molar-refractivity contribution in [2.75, 3.05) is 25.7 Å². The van der Waals surface area contributed by atoms with Gasteiger partial charge in [0.05, 0.1) is 17.6 Å². The van der Waals surface area contributed by atoms with Crippen LogP contribution in [0, 0.1) is 10.1 Å². The van der Waals surface area contributed by atoms with Crippen molar-refractivity contribution in [2.24, 2.45) is 0 Å². The van der Waals surface area contributed by atoms with Gasteiger partial charge in [-0.3, -0.25) is 10.1 Å². The summed E-state index contributed by atoms with van der Waals surface area (Å²) in [5.41, 5.74) is 0.0954. The number of nitrogens with zero attached hydrogens (tertiary/aromatic N) is 2. The molecule has 0 saturated heterocycles. The number of nitro benzene ring substituents is 1. The van der Waals surface area contributed by atoms with Gasteiger partial charge in [-0.2, -0.15) is 0 Å². The van der Waals surface area contributed by atoms with E-state index in [1.165, 1.54) is 32.4 Å². The highest BCUT2D eigenvalue weighted by atomic mass is 35.5. The highest BCUT2D eigenvalue weighted by molar-refractivity contribution is 6.30. The number of methoxy groups -OCH3 is 2. The molecule has 0 spiro atoms. The van der Waals surface area contributed by atoms with Crippen molar-refractivity contribution in [3.63, 3.8) is 0 Å². The Labute approximate surface area is 212 Å². The molecule has 0 radical (unpaired) electrons. The molecule has 2 aromatic carbocycles. The molecule has 4 rings (SSSR count). The van der Waals surface area contributed by atoms with Crippen molar-refractivity contribution in [2.45, 2.75) is 50.5 Å². The minimum atomic E-state index is -1.44. The molecule has 36 heavy (non-hydrogen) atoms. The predicted molar refractivity (Wildman–Crippen MR) is 128 cm³/mol. The summed E-state index contributed by atoms with van der Waals surface area (Å²) in [6.07, 6.45) is -3.91. The molecule has 2 aliphatic rings. The first-order valence-corrected chi connectivity index (χ1v) is 11.6. The number of nitro groups is 1. The number of carbonyl (C=O) groups is 1. The Morgan fingerprint density at radius 1 is 1.31 bits per heavy atom. The smallest absolute Gasteiger partial charge is 0.479 e. The van der Waals surface area contributed by atoms with Crippen LogP contribution < -0.4 is 9.64 Å². The zero-order valence-electron chi connectivity index (χ0n) is 20.2. The lowest BCUT2D eigenvalue weighted by atomic mass is 9.83. The van der Waals surface area contributed by atoms with Crippen LogP contribution in [-0.4, -0.2) is 61.2 Å². The van der Waals surface area contributed by atoms with Crippen LogP contribution in [0.15, 0.2) is 36.4 Å². The van der Waals surface area contributed by atoms with Gasteiger partial charge < -0.3 is 33.7 Å². The van der Waals surface area contributed by atoms with E-state index in [0.717, 1.165) is 5.56 Å². The normalized spacial score (nSPS) is 24.6. The third-order valence-electron chi connectivity index (χ3n) is 6.45. The number of benzene rings is 2. The number of fused-ring (bicyclic) bond motifs is 2. The lowest BCUT2D eigenvalue weighted by Crippen LogP contribution is -2.63. The van der Waals surface area contributed by atoms with Crippen molar-refractivity contribution >= 4 is 29.1 Å². The van der Waals surface area contributed by atoms with Gasteiger partial charge in [0, 0.05) is 49.0 Å². The number of ether oxygens (including phenoxy) is 5. The maximum Gasteiger partial charge on any atom is 0.510 e. The zero-order chi connectivity index (χ0) is 26.2. The van der Waals surface area contributed by atoms with Crippen LogP contribution in [0.3, 0.4) is 0 Å². The standard InChI is InChI=1S/C24H27ClN2O9/c1-5-34-23(29)35-19-11-13-10-14(25)6-8-17(13)26(19)20-16-12-15(27(30)31)7-9-18(16)36-24(2,21(20)28)22(32-3)33-4/h6-10,12,19-22,28H,5,11H2,1-4H3/t19-,20-,21+,24-/m1/s1. The molecular formula is C24H27ClN2O9. The fraction of sp³-hybridized carbons (Fsp3) is 0.458. The highest BCUT2D eigenvalue weighted by Gasteiger charge is 2.56. The van der Waals surface area contributed by atoms with E-state index >= 15 is 0 Å². The molecule has 11 nitrogen and oxygen atoms in total. The third kappa shape index (κ3) is 4.43. The third-order valence-corrected chi connectivity index (χ3v) is 6.69. The Morgan fingerprint density at radius 3 is 2.67 bits per heavy atom. The summed E-state index contributed by atoms with van der Waals surface area (Å²) in [5, 5.41) is 23.9. The molecule has 0 bridgehead atoms. The molecule has 4 atom stereocenters. The second-order valence-corrected chi connectivity index (χ2v) is 9.03. The van der Waals surface area contributed by atoms with E-state index in [9.17, 15) is 20.0 Å². The molecule has 2 heterocycles.